The van der Waals surface area contributed by atoms with Crippen LogP contribution in [0.1, 0.15) is 36.0 Å². The van der Waals surface area contributed by atoms with E-state index in [4.69, 9.17) is 0 Å². The van der Waals surface area contributed by atoms with E-state index in [1.165, 1.54) is 5.56 Å². The lowest BCUT2D eigenvalue weighted by molar-refractivity contribution is -0.129. The maximum absolute atomic E-state index is 12.1. The maximum atomic E-state index is 12.1. The molecular weight excluding hydrogens is 276 g/mol. The number of carbonyl (C=O) groups excluding carboxylic acids is 1. The minimum atomic E-state index is 0.117. The highest BCUT2D eigenvalue weighted by Gasteiger charge is 2.13. The van der Waals surface area contributed by atoms with Crippen molar-refractivity contribution in [3.05, 3.63) is 38.5 Å². The first kappa shape index (κ1) is 14.2. The third-order valence-corrected chi connectivity index (χ3v) is 4.75. The van der Waals surface area contributed by atoms with Crippen molar-refractivity contribution < 1.29 is 4.79 Å². The second-order valence-electron chi connectivity index (χ2n) is 4.89. The molecule has 0 spiro atoms. The Kier molecular flexibility index (Phi) is 4.71. The van der Waals surface area contributed by atoms with Gasteiger partial charge in [-0.15, -0.1) is 11.3 Å². The lowest BCUT2D eigenvalue weighted by Gasteiger charge is -2.15. The van der Waals surface area contributed by atoms with Gasteiger partial charge in [-0.3, -0.25) is 4.79 Å². The summed E-state index contributed by atoms with van der Waals surface area (Å²) in [5, 5.41) is 7.20. The van der Waals surface area contributed by atoms with E-state index >= 15 is 0 Å². The first-order valence-corrected chi connectivity index (χ1v) is 8.08. The van der Waals surface area contributed by atoms with Crippen molar-refractivity contribution in [1.82, 2.24) is 9.88 Å². The van der Waals surface area contributed by atoms with Gasteiger partial charge in [0.1, 0.15) is 0 Å². The Morgan fingerprint density at radius 2 is 2.21 bits per heavy atom. The molecule has 0 N–H and O–H groups in total. The van der Waals surface area contributed by atoms with Gasteiger partial charge in [0.15, 0.2) is 0 Å². The molecule has 0 radical (unpaired) electrons. The van der Waals surface area contributed by atoms with Crippen LogP contribution in [0, 0.1) is 0 Å². The van der Waals surface area contributed by atoms with Crippen LogP contribution in [-0.2, 0) is 17.8 Å². The van der Waals surface area contributed by atoms with Crippen LogP contribution in [-0.4, -0.2) is 22.8 Å². The standard InChI is InChI=1S/C14H18N2OS2/c1-10(2)14-15-12(9-19-14)6-13(17)16(3)7-11-4-5-18-8-11/h4-5,8-10H,6-7H2,1-3H3. The minimum Gasteiger partial charge on any atom is -0.341 e. The molecule has 0 unspecified atom stereocenters. The Morgan fingerprint density at radius 3 is 2.79 bits per heavy atom. The molecule has 0 aromatic carbocycles. The number of rotatable bonds is 5. The van der Waals surface area contributed by atoms with Crippen molar-refractivity contribution >= 4 is 28.6 Å². The summed E-state index contributed by atoms with van der Waals surface area (Å²) in [6.45, 7) is 4.91. The number of aromatic nitrogens is 1. The Labute approximate surface area is 121 Å². The lowest BCUT2D eigenvalue weighted by Crippen LogP contribution is -2.27. The van der Waals surface area contributed by atoms with Crippen LogP contribution >= 0.6 is 22.7 Å². The highest BCUT2D eigenvalue weighted by Crippen LogP contribution is 2.19. The fourth-order valence-electron chi connectivity index (χ4n) is 1.70. The normalized spacial score (nSPS) is 10.9. The average Bonchev–Trinajstić information content (AvgIpc) is 2.99. The van der Waals surface area contributed by atoms with Crippen molar-refractivity contribution in [1.29, 1.82) is 0 Å². The van der Waals surface area contributed by atoms with E-state index in [1.54, 1.807) is 27.6 Å². The first-order chi connectivity index (χ1) is 9.06. The van der Waals surface area contributed by atoms with Gasteiger partial charge >= 0.3 is 0 Å². The van der Waals surface area contributed by atoms with Gasteiger partial charge < -0.3 is 4.90 Å². The lowest BCUT2D eigenvalue weighted by atomic mass is 10.2. The highest BCUT2D eigenvalue weighted by atomic mass is 32.1. The number of nitrogens with zero attached hydrogens (tertiary/aromatic N) is 2. The van der Waals surface area contributed by atoms with Crippen LogP contribution in [0.2, 0.25) is 0 Å². The predicted octanol–water partition coefficient (Wildman–Crippen LogP) is 3.53. The number of amides is 1. The van der Waals surface area contributed by atoms with Gasteiger partial charge in [-0.2, -0.15) is 11.3 Å². The van der Waals surface area contributed by atoms with Crippen molar-refractivity contribution in [3.8, 4) is 0 Å². The molecule has 102 valence electrons. The van der Waals surface area contributed by atoms with E-state index in [0.29, 0.717) is 18.9 Å². The Hall–Kier alpha value is -1.20. The summed E-state index contributed by atoms with van der Waals surface area (Å²) in [4.78, 5) is 18.4. The number of thiophene rings is 1. The molecule has 1 amide bonds. The van der Waals surface area contributed by atoms with Crippen molar-refractivity contribution in [2.45, 2.75) is 32.7 Å². The third kappa shape index (κ3) is 3.88. The van der Waals surface area contributed by atoms with E-state index in [9.17, 15) is 4.79 Å². The number of thiazole rings is 1. The van der Waals surface area contributed by atoms with Crippen molar-refractivity contribution in [3.63, 3.8) is 0 Å². The van der Waals surface area contributed by atoms with Crippen molar-refractivity contribution in [2.75, 3.05) is 7.05 Å². The molecule has 3 nitrogen and oxygen atoms in total. The molecular formula is C14H18N2OS2. The molecule has 0 fully saturated rings. The quantitative estimate of drug-likeness (QED) is 0.845. The average molecular weight is 294 g/mol. The predicted molar refractivity (Wildman–Crippen MR) is 80.7 cm³/mol. The monoisotopic (exact) mass is 294 g/mol. The van der Waals surface area contributed by atoms with Gasteiger partial charge in [0.2, 0.25) is 5.91 Å². The third-order valence-electron chi connectivity index (χ3n) is 2.82. The number of hydrogen-bond acceptors (Lipinski definition) is 4. The number of carbonyl (C=O) groups is 1. The minimum absolute atomic E-state index is 0.117. The molecule has 19 heavy (non-hydrogen) atoms. The Bertz CT molecular complexity index is 531. The van der Waals surface area contributed by atoms with Crippen LogP contribution in [0.25, 0.3) is 0 Å². The zero-order valence-corrected chi connectivity index (χ0v) is 13.1. The second kappa shape index (κ2) is 6.30. The molecule has 0 aliphatic heterocycles. The largest absolute Gasteiger partial charge is 0.341 e. The van der Waals surface area contributed by atoms with Crippen LogP contribution < -0.4 is 0 Å². The highest BCUT2D eigenvalue weighted by molar-refractivity contribution is 7.09. The fourth-order valence-corrected chi connectivity index (χ4v) is 3.20. The summed E-state index contributed by atoms with van der Waals surface area (Å²) in [5.41, 5.74) is 2.07. The summed E-state index contributed by atoms with van der Waals surface area (Å²) in [6.07, 6.45) is 0.393. The topological polar surface area (TPSA) is 33.2 Å². The molecule has 0 saturated heterocycles. The van der Waals surface area contributed by atoms with E-state index in [0.717, 1.165) is 10.7 Å². The fraction of sp³-hybridized carbons (Fsp3) is 0.429. The number of likely N-dealkylation sites (N-methyl/N-ethyl adjacent to an activating group) is 1. The molecule has 0 atom stereocenters. The second-order valence-corrected chi connectivity index (χ2v) is 6.56. The molecule has 0 bridgehead atoms. The first-order valence-electron chi connectivity index (χ1n) is 6.25. The summed E-state index contributed by atoms with van der Waals surface area (Å²) in [6, 6.07) is 2.05. The van der Waals surface area contributed by atoms with Gasteiger partial charge in [-0.25, -0.2) is 4.98 Å². The van der Waals surface area contributed by atoms with Crippen LogP contribution in [0.15, 0.2) is 22.2 Å². The van der Waals surface area contributed by atoms with Crippen molar-refractivity contribution in [2.24, 2.45) is 0 Å². The van der Waals surface area contributed by atoms with E-state index < -0.39 is 0 Å². The molecule has 0 aliphatic carbocycles. The Balaban J connectivity index is 1.92. The molecule has 2 aromatic heterocycles. The van der Waals surface area contributed by atoms with Gasteiger partial charge in [0, 0.05) is 24.9 Å². The zero-order valence-electron chi connectivity index (χ0n) is 11.4. The molecule has 0 saturated carbocycles. The molecule has 0 aliphatic rings. The summed E-state index contributed by atoms with van der Waals surface area (Å²) in [7, 11) is 1.84. The molecule has 5 heteroatoms. The molecule has 2 aromatic rings. The SMILES string of the molecule is CC(C)c1nc(CC(=O)N(C)Cc2ccsc2)cs1. The van der Waals surface area contributed by atoms with Gasteiger partial charge in [0.25, 0.3) is 0 Å². The van der Waals surface area contributed by atoms with Crippen LogP contribution in [0.3, 0.4) is 0 Å². The van der Waals surface area contributed by atoms with Gasteiger partial charge in [0.05, 0.1) is 17.1 Å². The summed E-state index contributed by atoms with van der Waals surface area (Å²) < 4.78 is 0. The summed E-state index contributed by atoms with van der Waals surface area (Å²) in [5.74, 6) is 0.546. The van der Waals surface area contributed by atoms with Gasteiger partial charge in [-0.1, -0.05) is 13.8 Å². The summed E-state index contributed by atoms with van der Waals surface area (Å²) >= 11 is 3.29. The van der Waals surface area contributed by atoms with E-state index in [1.807, 2.05) is 23.9 Å². The molecule has 2 heterocycles. The zero-order chi connectivity index (χ0) is 13.8. The number of hydrogen-bond donors (Lipinski definition) is 0. The van der Waals surface area contributed by atoms with E-state index in [-0.39, 0.29) is 5.91 Å². The van der Waals surface area contributed by atoms with E-state index in [2.05, 4.69) is 24.2 Å². The molecule has 2 rings (SSSR count). The van der Waals surface area contributed by atoms with Crippen LogP contribution in [0.5, 0.6) is 0 Å². The van der Waals surface area contributed by atoms with Crippen LogP contribution in [0.4, 0.5) is 0 Å². The van der Waals surface area contributed by atoms with Gasteiger partial charge in [-0.05, 0) is 22.4 Å². The Morgan fingerprint density at radius 1 is 1.42 bits per heavy atom. The smallest absolute Gasteiger partial charge is 0.228 e. The maximum Gasteiger partial charge on any atom is 0.228 e.